The van der Waals surface area contributed by atoms with Gasteiger partial charge in [0.1, 0.15) is 17.3 Å². The number of benzene rings is 3. The topological polar surface area (TPSA) is 46.6 Å². The molecule has 4 rings (SSSR count). The van der Waals surface area contributed by atoms with Gasteiger partial charge in [0.05, 0.1) is 11.4 Å². The molecule has 0 saturated carbocycles. The highest BCUT2D eigenvalue weighted by Crippen LogP contribution is 2.35. The molecule has 150 valence electrons. The van der Waals surface area contributed by atoms with Gasteiger partial charge in [-0.2, -0.15) is 0 Å². The summed E-state index contributed by atoms with van der Waals surface area (Å²) in [6.45, 7) is -0.0156. The van der Waals surface area contributed by atoms with Crippen LogP contribution >= 0.6 is 23.4 Å². The number of para-hydroxylation sites is 1. The lowest BCUT2D eigenvalue weighted by Gasteiger charge is -2.13. The molecule has 0 atom stereocenters. The molecule has 3 aromatic carbocycles. The number of halogens is 2. The maximum absolute atomic E-state index is 13.2. The van der Waals surface area contributed by atoms with E-state index in [1.807, 2.05) is 48.5 Å². The van der Waals surface area contributed by atoms with Crippen molar-refractivity contribution in [2.45, 2.75) is 6.54 Å². The van der Waals surface area contributed by atoms with Crippen molar-refractivity contribution < 1.29 is 18.7 Å². The van der Waals surface area contributed by atoms with Crippen molar-refractivity contribution in [2.24, 2.45) is 0 Å². The summed E-state index contributed by atoms with van der Waals surface area (Å²) in [5.41, 5.74) is 1.23. The summed E-state index contributed by atoms with van der Waals surface area (Å²) in [6.07, 6.45) is 1.65. The number of imide groups is 1. The van der Waals surface area contributed by atoms with E-state index in [-0.39, 0.29) is 11.6 Å². The lowest BCUT2D eigenvalue weighted by molar-refractivity contribution is -0.123. The zero-order valence-electron chi connectivity index (χ0n) is 15.5. The first-order valence-corrected chi connectivity index (χ1v) is 10.2. The average molecular weight is 440 g/mol. The van der Waals surface area contributed by atoms with Crippen LogP contribution in [0.2, 0.25) is 5.02 Å². The number of hydrogen-bond donors (Lipinski definition) is 0. The first kappa shape index (κ1) is 20.2. The number of rotatable bonds is 5. The average Bonchev–Trinajstić information content (AvgIpc) is 2.98. The van der Waals surface area contributed by atoms with E-state index in [0.29, 0.717) is 22.0 Å². The second-order valence-corrected chi connectivity index (χ2v) is 7.89. The molecular formula is C23H15ClFNO3S. The minimum absolute atomic E-state index is 0.0156. The van der Waals surface area contributed by atoms with Gasteiger partial charge in [0.2, 0.25) is 0 Å². The van der Waals surface area contributed by atoms with Crippen LogP contribution in [-0.4, -0.2) is 16.0 Å². The molecule has 4 nitrogen and oxygen atoms in total. The predicted molar refractivity (Wildman–Crippen MR) is 116 cm³/mol. The van der Waals surface area contributed by atoms with Crippen molar-refractivity contribution in [3.8, 4) is 11.5 Å². The number of hydrogen-bond acceptors (Lipinski definition) is 4. The molecule has 1 aliphatic heterocycles. The standard InChI is InChI=1S/C23H15ClFNO3S/c24-20-13-17(25)10-9-16(20)14-26-22(27)21(30-23(26)28)12-15-5-4-8-19(11-15)29-18-6-2-1-3-7-18/h1-13H,14H2/b21-12+. The van der Waals surface area contributed by atoms with E-state index in [9.17, 15) is 14.0 Å². The zero-order chi connectivity index (χ0) is 21.1. The van der Waals surface area contributed by atoms with Gasteiger partial charge in [0.25, 0.3) is 11.1 Å². The third-order valence-corrected chi connectivity index (χ3v) is 5.61. The molecule has 7 heteroatoms. The van der Waals surface area contributed by atoms with Crippen LogP contribution < -0.4 is 4.74 Å². The Morgan fingerprint density at radius 1 is 0.967 bits per heavy atom. The lowest BCUT2D eigenvalue weighted by Crippen LogP contribution is -2.27. The second kappa shape index (κ2) is 8.73. The number of amides is 2. The smallest absolute Gasteiger partial charge is 0.293 e. The van der Waals surface area contributed by atoms with Crippen LogP contribution in [0, 0.1) is 5.82 Å². The van der Waals surface area contributed by atoms with Crippen molar-refractivity contribution >= 4 is 40.6 Å². The molecule has 0 spiro atoms. The maximum Gasteiger partial charge on any atom is 0.293 e. The van der Waals surface area contributed by atoms with Crippen LogP contribution in [0.4, 0.5) is 9.18 Å². The molecule has 1 fully saturated rings. The van der Waals surface area contributed by atoms with Gasteiger partial charge in [-0.05, 0) is 65.4 Å². The SMILES string of the molecule is O=C1S/C(=C/c2cccc(Oc3ccccc3)c2)C(=O)N1Cc1ccc(F)cc1Cl. The molecule has 1 saturated heterocycles. The molecular weight excluding hydrogens is 425 g/mol. The molecule has 3 aromatic rings. The van der Waals surface area contributed by atoms with Gasteiger partial charge in [-0.25, -0.2) is 4.39 Å². The molecule has 0 radical (unpaired) electrons. The van der Waals surface area contributed by atoms with Gasteiger partial charge in [0, 0.05) is 5.02 Å². The third kappa shape index (κ3) is 4.56. The number of carbonyl (C=O) groups is 2. The Hall–Kier alpha value is -3.09. The van der Waals surface area contributed by atoms with Crippen molar-refractivity contribution in [3.05, 3.63) is 99.7 Å². The van der Waals surface area contributed by atoms with Gasteiger partial charge in [-0.15, -0.1) is 0 Å². The summed E-state index contributed by atoms with van der Waals surface area (Å²) >= 11 is 6.88. The Morgan fingerprint density at radius 2 is 1.73 bits per heavy atom. The molecule has 0 aliphatic carbocycles. The van der Waals surface area contributed by atoms with E-state index >= 15 is 0 Å². The van der Waals surface area contributed by atoms with Gasteiger partial charge in [-0.3, -0.25) is 14.5 Å². The molecule has 2 amide bonds. The van der Waals surface area contributed by atoms with E-state index in [2.05, 4.69) is 0 Å². The first-order chi connectivity index (χ1) is 14.5. The van der Waals surface area contributed by atoms with Crippen LogP contribution in [0.25, 0.3) is 6.08 Å². The highest BCUT2D eigenvalue weighted by atomic mass is 35.5. The molecule has 0 N–H and O–H groups in total. The molecule has 1 aliphatic rings. The van der Waals surface area contributed by atoms with Crippen LogP contribution in [0.3, 0.4) is 0 Å². The van der Waals surface area contributed by atoms with Crippen LogP contribution in [0.1, 0.15) is 11.1 Å². The Labute approximate surface area is 181 Å². The predicted octanol–water partition coefficient (Wildman–Crippen LogP) is 6.51. The fourth-order valence-electron chi connectivity index (χ4n) is 2.90. The summed E-state index contributed by atoms with van der Waals surface area (Å²) in [7, 11) is 0. The van der Waals surface area contributed by atoms with Crippen molar-refractivity contribution in [3.63, 3.8) is 0 Å². The Kier molecular flexibility index (Phi) is 5.88. The summed E-state index contributed by atoms with van der Waals surface area (Å²) < 4.78 is 19.0. The molecule has 0 bridgehead atoms. The third-order valence-electron chi connectivity index (χ3n) is 4.35. The minimum atomic E-state index is -0.476. The number of nitrogens with zero attached hydrogens (tertiary/aromatic N) is 1. The summed E-state index contributed by atoms with van der Waals surface area (Å²) in [5, 5.41) is -0.230. The summed E-state index contributed by atoms with van der Waals surface area (Å²) in [4.78, 5) is 26.5. The van der Waals surface area contributed by atoms with E-state index in [4.69, 9.17) is 16.3 Å². The molecule has 30 heavy (non-hydrogen) atoms. The number of thioether (sulfide) groups is 1. The van der Waals surface area contributed by atoms with Gasteiger partial charge < -0.3 is 4.74 Å². The van der Waals surface area contributed by atoms with E-state index in [1.54, 1.807) is 12.1 Å². The minimum Gasteiger partial charge on any atom is -0.457 e. The quantitative estimate of drug-likeness (QED) is 0.425. The van der Waals surface area contributed by atoms with E-state index in [0.717, 1.165) is 28.3 Å². The van der Waals surface area contributed by atoms with Crippen molar-refractivity contribution in [1.82, 2.24) is 4.90 Å². The number of carbonyl (C=O) groups excluding carboxylic acids is 2. The maximum atomic E-state index is 13.2. The highest BCUT2D eigenvalue weighted by molar-refractivity contribution is 8.18. The van der Waals surface area contributed by atoms with Crippen LogP contribution in [-0.2, 0) is 11.3 Å². The van der Waals surface area contributed by atoms with Crippen molar-refractivity contribution in [1.29, 1.82) is 0 Å². The van der Waals surface area contributed by atoms with Crippen molar-refractivity contribution in [2.75, 3.05) is 0 Å². The Balaban J connectivity index is 1.52. The van der Waals surface area contributed by atoms with Gasteiger partial charge in [-0.1, -0.05) is 48.0 Å². The summed E-state index contributed by atoms with van der Waals surface area (Å²) in [5.74, 6) is 0.425. The number of ether oxygens (including phenoxy) is 1. The normalized spacial score (nSPS) is 15.1. The van der Waals surface area contributed by atoms with Gasteiger partial charge in [0.15, 0.2) is 0 Å². The molecule has 0 aromatic heterocycles. The first-order valence-electron chi connectivity index (χ1n) is 9.02. The highest BCUT2D eigenvalue weighted by Gasteiger charge is 2.35. The van der Waals surface area contributed by atoms with E-state index < -0.39 is 17.0 Å². The Morgan fingerprint density at radius 3 is 2.50 bits per heavy atom. The van der Waals surface area contributed by atoms with Crippen LogP contribution in [0.15, 0.2) is 77.7 Å². The van der Waals surface area contributed by atoms with Gasteiger partial charge >= 0.3 is 0 Å². The van der Waals surface area contributed by atoms with Crippen LogP contribution in [0.5, 0.6) is 11.5 Å². The lowest BCUT2D eigenvalue weighted by atomic mass is 10.2. The fraction of sp³-hybridized carbons (Fsp3) is 0.0435. The largest absolute Gasteiger partial charge is 0.457 e. The van der Waals surface area contributed by atoms with E-state index in [1.165, 1.54) is 12.1 Å². The summed E-state index contributed by atoms with van der Waals surface area (Å²) in [6, 6.07) is 20.5. The zero-order valence-corrected chi connectivity index (χ0v) is 17.1. The fourth-order valence-corrected chi connectivity index (χ4v) is 3.97. The molecule has 0 unspecified atom stereocenters. The second-order valence-electron chi connectivity index (χ2n) is 6.49. The molecule has 1 heterocycles. The Bertz CT molecular complexity index is 1150. The monoisotopic (exact) mass is 439 g/mol.